The molecule has 0 bridgehead atoms. The predicted octanol–water partition coefficient (Wildman–Crippen LogP) is 3.64. The molecule has 0 fully saturated rings. The number of oxazole rings is 1. The minimum atomic E-state index is -4.79. The summed E-state index contributed by atoms with van der Waals surface area (Å²) in [6, 6.07) is 3.92. The van der Waals surface area contributed by atoms with Crippen molar-refractivity contribution in [1.82, 2.24) is 24.7 Å². The van der Waals surface area contributed by atoms with Gasteiger partial charge in [-0.25, -0.2) is 14.8 Å². The zero-order valence-electron chi connectivity index (χ0n) is 18.8. The summed E-state index contributed by atoms with van der Waals surface area (Å²) < 4.78 is 45.1. The molecule has 0 unspecified atom stereocenters. The van der Waals surface area contributed by atoms with Crippen LogP contribution in [0.1, 0.15) is 20.8 Å². The van der Waals surface area contributed by atoms with Crippen molar-refractivity contribution >= 4 is 29.8 Å². The topological polar surface area (TPSA) is 156 Å². The lowest BCUT2D eigenvalue weighted by atomic mass is 10.1. The Morgan fingerprint density at radius 1 is 1.24 bits per heavy atom. The number of nitrogens with one attached hydrogen (secondary N) is 1. The smallest absolute Gasteiger partial charge is 0.413 e. The number of rotatable bonds is 7. The van der Waals surface area contributed by atoms with Gasteiger partial charge in [-0.15, -0.1) is 0 Å². The highest BCUT2D eigenvalue weighted by atomic mass is 19.4. The Labute approximate surface area is 205 Å². The molecule has 0 saturated carbocycles. The summed E-state index contributed by atoms with van der Waals surface area (Å²) in [4.78, 5) is 47.0. The molecule has 0 saturated heterocycles. The summed E-state index contributed by atoms with van der Waals surface area (Å²) in [5.41, 5.74) is 1.34. The Bertz CT molecular complexity index is 1480. The average Bonchev–Trinajstić information content (AvgIpc) is 3.49. The first-order valence-corrected chi connectivity index (χ1v) is 10.3. The number of hydrogen-bond donors (Lipinski definition) is 2. The Kier molecular flexibility index (Phi) is 6.69. The van der Waals surface area contributed by atoms with Crippen LogP contribution in [-0.4, -0.2) is 60.8 Å². The van der Waals surface area contributed by atoms with Crippen LogP contribution in [-0.2, 0) is 7.05 Å². The van der Waals surface area contributed by atoms with E-state index in [0.717, 1.165) is 18.5 Å². The summed E-state index contributed by atoms with van der Waals surface area (Å²) in [7, 11) is 1.63. The number of carbonyl (C=O) groups excluding carboxylic acids is 2. The maximum Gasteiger partial charge on any atom is 0.413 e. The molecule has 2 N–H and O–H groups in total. The van der Waals surface area contributed by atoms with E-state index < -0.39 is 30.5 Å². The van der Waals surface area contributed by atoms with Gasteiger partial charge in [-0.2, -0.15) is 18.3 Å². The summed E-state index contributed by atoms with van der Waals surface area (Å²) >= 11 is 0. The number of aromatic nitrogens is 5. The van der Waals surface area contributed by atoms with E-state index >= 15 is 0 Å². The van der Waals surface area contributed by atoms with Crippen molar-refractivity contribution in [2.75, 3.05) is 16.8 Å². The summed E-state index contributed by atoms with van der Waals surface area (Å²) in [6.07, 6.45) is 0.466. The third-order valence-corrected chi connectivity index (χ3v) is 4.82. The number of aldehydes is 1. The lowest BCUT2D eigenvalue weighted by Gasteiger charge is -2.19. The highest BCUT2D eigenvalue weighted by Gasteiger charge is 2.34. The van der Waals surface area contributed by atoms with Gasteiger partial charge in [-0.05, 0) is 18.2 Å². The monoisotopic (exact) mass is 515 g/mol. The molecule has 0 spiro atoms. The van der Waals surface area contributed by atoms with Gasteiger partial charge in [0.05, 0.1) is 5.69 Å². The summed E-state index contributed by atoms with van der Waals surface area (Å²) in [6.45, 7) is -1.77. The van der Waals surface area contributed by atoms with Crippen LogP contribution in [0.25, 0.3) is 22.7 Å². The second-order valence-electron chi connectivity index (χ2n) is 7.57. The van der Waals surface area contributed by atoms with Gasteiger partial charge < -0.3 is 14.8 Å². The highest BCUT2D eigenvalue weighted by Crippen LogP contribution is 2.28. The molecule has 0 aliphatic carbocycles. The predicted molar refractivity (Wildman–Crippen MR) is 121 cm³/mol. The van der Waals surface area contributed by atoms with Crippen LogP contribution in [0, 0.1) is 0 Å². The molecule has 37 heavy (non-hydrogen) atoms. The molecule has 0 aliphatic rings. The van der Waals surface area contributed by atoms with Gasteiger partial charge in [0.25, 0.3) is 5.91 Å². The Hall–Kier alpha value is -5.08. The van der Waals surface area contributed by atoms with E-state index in [2.05, 4.69) is 25.4 Å². The van der Waals surface area contributed by atoms with Crippen molar-refractivity contribution in [2.24, 2.45) is 7.05 Å². The number of amides is 2. The average molecular weight is 515 g/mol. The van der Waals surface area contributed by atoms with E-state index in [1.54, 1.807) is 13.1 Å². The van der Waals surface area contributed by atoms with Crippen molar-refractivity contribution in [3.8, 4) is 22.7 Å². The van der Waals surface area contributed by atoms with Gasteiger partial charge in [-0.1, -0.05) is 0 Å². The fraction of sp³-hybridized carbons (Fsp3) is 0.136. The molecule has 4 aromatic rings. The number of anilines is 2. The molecule has 0 radical (unpaired) electrons. The minimum Gasteiger partial charge on any atom is -0.465 e. The Morgan fingerprint density at radius 2 is 2.03 bits per heavy atom. The third kappa shape index (κ3) is 5.77. The molecule has 2 amide bonds. The molecule has 190 valence electrons. The van der Waals surface area contributed by atoms with Crippen molar-refractivity contribution in [3.63, 3.8) is 0 Å². The molecule has 0 aromatic carbocycles. The van der Waals surface area contributed by atoms with Gasteiger partial charge in [0.1, 0.15) is 24.3 Å². The number of alkyl halides is 3. The molecule has 12 nitrogen and oxygen atoms in total. The van der Waals surface area contributed by atoms with Crippen molar-refractivity contribution in [1.29, 1.82) is 0 Å². The normalized spacial score (nSPS) is 11.2. The number of hydrogen-bond acceptors (Lipinski definition) is 8. The molecule has 15 heteroatoms. The summed E-state index contributed by atoms with van der Waals surface area (Å²) in [5, 5.41) is 16.1. The maximum absolute atomic E-state index is 12.8. The fourth-order valence-electron chi connectivity index (χ4n) is 3.27. The lowest BCUT2D eigenvalue weighted by Crippen LogP contribution is -2.38. The summed E-state index contributed by atoms with van der Waals surface area (Å²) in [5.74, 6) is -1.35. The second-order valence-corrected chi connectivity index (χ2v) is 7.57. The van der Waals surface area contributed by atoms with E-state index in [4.69, 9.17) is 4.42 Å². The number of aryl methyl sites for hydroxylation is 1. The third-order valence-electron chi connectivity index (χ3n) is 4.82. The molecule has 0 atom stereocenters. The first-order chi connectivity index (χ1) is 17.5. The zero-order chi connectivity index (χ0) is 26.7. The number of pyridine rings is 2. The van der Waals surface area contributed by atoms with E-state index in [-0.39, 0.29) is 27.7 Å². The largest absolute Gasteiger partial charge is 0.465 e. The molecular weight excluding hydrogens is 499 g/mol. The van der Waals surface area contributed by atoms with Gasteiger partial charge in [0, 0.05) is 48.5 Å². The van der Waals surface area contributed by atoms with Crippen LogP contribution in [0.2, 0.25) is 0 Å². The molecule has 4 heterocycles. The van der Waals surface area contributed by atoms with Crippen LogP contribution in [0.15, 0.2) is 53.7 Å². The number of carboxylic acid groups (broad SMARTS) is 1. The van der Waals surface area contributed by atoms with E-state index in [0.29, 0.717) is 23.1 Å². The van der Waals surface area contributed by atoms with E-state index in [9.17, 15) is 32.7 Å². The highest BCUT2D eigenvalue weighted by molar-refractivity contribution is 6.04. The maximum atomic E-state index is 12.8. The Morgan fingerprint density at radius 3 is 2.73 bits per heavy atom. The first-order valence-electron chi connectivity index (χ1n) is 10.3. The van der Waals surface area contributed by atoms with Gasteiger partial charge in [0.2, 0.25) is 5.89 Å². The Balaban J connectivity index is 1.57. The van der Waals surface area contributed by atoms with Crippen LogP contribution >= 0.6 is 0 Å². The van der Waals surface area contributed by atoms with Crippen LogP contribution in [0.5, 0.6) is 0 Å². The molecule has 0 aliphatic heterocycles. The fourth-order valence-corrected chi connectivity index (χ4v) is 3.27. The second kappa shape index (κ2) is 9.88. The van der Waals surface area contributed by atoms with Gasteiger partial charge >= 0.3 is 12.3 Å². The minimum absolute atomic E-state index is 0.0262. The SMILES string of the molecule is Cn1cc(NC(=O)c2coc(-c3ccnc(N(CC(F)(F)F)C(=O)O)c3)n2)c(-c2cncc(C=O)c2)n1. The number of halogens is 3. The van der Waals surface area contributed by atoms with Crippen molar-refractivity contribution < 1.29 is 37.1 Å². The lowest BCUT2D eigenvalue weighted by molar-refractivity contribution is -0.119. The first kappa shape index (κ1) is 25.0. The van der Waals surface area contributed by atoms with Gasteiger partial charge in [0.15, 0.2) is 12.0 Å². The van der Waals surface area contributed by atoms with E-state index in [1.807, 2.05) is 0 Å². The standard InChI is InChI=1S/C22H16F3N7O5/c1-31-8-15(18(30-31)14-4-12(9-33)6-26-7-14)28-19(34)16-10-37-20(29-16)13-2-3-27-17(5-13)32(21(35)36)11-22(23,24)25/h2-10H,11H2,1H3,(H,28,34)(H,35,36). The van der Waals surface area contributed by atoms with Crippen molar-refractivity contribution in [2.45, 2.75) is 6.18 Å². The van der Waals surface area contributed by atoms with Crippen LogP contribution < -0.4 is 10.2 Å². The number of nitrogens with zero attached hydrogens (tertiary/aromatic N) is 6. The van der Waals surface area contributed by atoms with Crippen LogP contribution in [0.3, 0.4) is 0 Å². The molecular formula is C22H16F3N7O5. The zero-order valence-corrected chi connectivity index (χ0v) is 18.8. The molecule has 4 aromatic heterocycles. The van der Waals surface area contributed by atoms with Crippen molar-refractivity contribution in [3.05, 3.63) is 60.5 Å². The van der Waals surface area contributed by atoms with E-state index in [1.165, 1.54) is 29.3 Å². The molecule has 4 rings (SSSR count). The number of carbonyl (C=O) groups is 3. The van der Waals surface area contributed by atoms with Gasteiger partial charge in [-0.3, -0.25) is 24.2 Å². The quantitative estimate of drug-likeness (QED) is 0.351. The van der Waals surface area contributed by atoms with Crippen LogP contribution in [0.4, 0.5) is 29.5 Å².